The molecule has 1 fully saturated rings. The van der Waals surface area contributed by atoms with Crippen molar-refractivity contribution in [1.82, 2.24) is 15.5 Å². The lowest BCUT2D eigenvalue weighted by Crippen LogP contribution is -2.52. The molecule has 1 heterocycles. The van der Waals surface area contributed by atoms with Gasteiger partial charge in [0, 0.05) is 19.1 Å². The Bertz CT molecular complexity index is 279. The van der Waals surface area contributed by atoms with Crippen LogP contribution in [0.5, 0.6) is 0 Å². The number of likely N-dealkylation sites (N-methyl/N-ethyl adjacent to an activating group) is 1. The lowest BCUT2D eigenvalue weighted by molar-refractivity contribution is -0.126. The quantitative estimate of drug-likeness (QED) is 0.692. The van der Waals surface area contributed by atoms with Gasteiger partial charge in [-0.3, -0.25) is 4.79 Å². The topological polar surface area (TPSA) is 44.4 Å². The van der Waals surface area contributed by atoms with E-state index < -0.39 is 5.54 Å². The van der Waals surface area contributed by atoms with Gasteiger partial charge in [0.25, 0.3) is 0 Å². The molecule has 1 aliphatic rings. The van der Waals surface area contributed by atoms with Crippen LogP contribution in [0.1, 0.15) is 53.4 Å². The number of amides is 1. The summed E-state index contributed by atoms with van der Waals surface area (Å²) >= 11 is 0. The van der Waals surface area contributed by atoms with Crippen molar-refractivity contribution in [3.05, 3.63) is 0 Å². The van der Waals surface area contributed by atoms with Crippen molar-refractivity contribution in [3.63, 3.8) is 0 Å². The van der Waals surface area contributed by atoms with Crippen molar-refractivity contribution in [2.45, 2.75) is 65.0 Å². The summed E-state index contributed by atoms with van der Waals surface area (Å²) in [6.07, 6.45) is 5.05. The van der Waals surface area contributed by atoms with E-state index in [-0.39, 0.29) is 5.91 Å². The van der Waals surface area contributed by atoms with Crippen LogP contribution in [-0.2, 0) is 4.79 Å². The maximum atomic E-state index is 12.0. The molecule has 2 N–H and O–H groups in total. The molecule has 0 aromatic rings. The average molecular weight is 269 g/mol. The van der Waals surface area contributed by atoms with Crippen LogP contribution in [0, 0.1) is 0 Å². The minimum absolute atomic E-state index is 0.0982. The van der Waals surface area contributed by atoms with Crippen molar-refractivity contribution in [3.8, 4) is 0 Å². The van der Waals surface area contributed by atoms with Crippen molar-refractivity contribution in [1.29, 1.82) is 0 Å². The Morgan fingerprint density at radius 1 is 1.37 bits per heavy atom. The van der Waals surface area contributed by atoms with Gasteiger partial charge in [-0.2, -0.15) is 0 Å². The van der Waals surface area contributed by atoms with E-state index >= 15 is 0 Å². The maximum Gasteiger partial charge on any atom is 0.239 e. The Balaban J connectivity index is 2.18. The van der Waals surface area contributed by atoms with Gasteiger partial charge in [0.2, 0.25) is 5.91 Å². The van der Waals surface area contributed by atoms with Crippen molar-refractivity contribution >= 4 is 5.91 Å². The number of piperidine rings is 1. The highest BCUT2D eigenvalue weighted by molar-refractivity contribution is 5.85. The van der Waals surface area contributed by atoms with Crippen molar-refractivity contribution in [2.75, 3.05) is 26.2 Å². The molecule has 4 heteroatoms. The summed E-state index contributed by atoms with van der Waals surface area (Å²) in [6, 6.07) is 0.711. The fraction of sp³-hybridized carbons (Fsp3) is 0.933. The van der Waals surface area contributed by atoms with Gasteiger partial charge >= 0.3 is 0 Å². The zero-order valence-corrected chi connectivity index (χ0v) is 13.1. The van der Waals surface area contributed by atoms with Crippen molar-refractivity contribution < 1.29 is 4.79 Å². The Morgan fingerprint density at radius 2 is 2.11 bits per heavy atom. The predicted octanol–water partition coefficient (Wildman–Crippen LogP) is 1.76. The number of carbonyl (C=O) groups is 1. The van der Waals surface area contributed by atoms with Gasteiger partial charge in [-0.25, -0.2) is 0 Å². The number of likely N-dealkylation sites (tertiary alicyclic amines) is 1. The molecule has 0 aromatic heterocycles. The highest BCUT2D eigenvalue weighted by Gasteiger charge is 2.25. The fourth-order valence-corrected chi connectivity index (χ4v) is 2.72. The van der Waals surface area contributed by atoms with E-state index in [0.29, 0.717) is 6.04 Å². The molecule has 0 aliphatic carbocycles. The lowest BCUT2D eigenvalue weighted by atomic mass is 10.0. The largest absolute Gasteiger partial charge is 0.354 e. The SMILES string of the molecule is CCNC(C)(C)C(=O)NCCCN1CCCCC1C. The molecule has 1 unspecified atom stereocenters. The van der Waals surface area contributed by atoms with Gasteiger partial charge in [-0.1, -0.05) is 13.3 Å². The first-order chi connectivity index (χ1) is 8.97. The highest BCUT2D eigenvalue weighted by atomic mass is 16.2. The smallest absolute Gasteiger partial charge is 0.239 e. The van der Waals surface area contributed by atoms with Crippen molar-refractivity contribution in [2.24, 2.45) is 0 Å². The zero-order valence-electron chi connectivity index (χ0n) is 13.1. The Morgan fingerprint density at radius 3 is 2.74 bits per heavy atom. The van der Waals surface area contributed by atoms with Gasteiger partial charge < -0.3 is 15.5 Å². The normalized spacial score (nSPS) is 21.4. The van der Waals surface area contributed by atoms with E-state index in [4.69, 9.17) is 0 Å². The van der Waals surface area contributed by atoms with Gasteiger partial charge in [-0.05, 0) is 53.1 Å². The summed E-state index contributed by atoms with van der Waals surface area (Å²) < 4.78 is 0. The monoisotopic (exact) mass is 269 g/mol. The highest BCUT2D eigenvalue weighted by Crippen LogP contribution is 2.16. The van der Waals surface area contributed by atoms with Crippen LogP contribution in [0.2, 0.25) is 0 Å². The van der Waals surface area contributed by atoms with Crippen LogP contribution in [0.15, 0.2) is 0 Å². The Labute approximate surface area is 118 Å². The first kappa shape index (κ1) is 16.4. The summed E-state index contributed by atoms with van der Waals surface area (Å²) in [5, 5.41) is 6.23. The molecule has 0 bridgehead atoms. The van der Waals surface area contributed by atoms with Crippen LogP contribution in [0.25, 0.3) is 0 Å². The van der Waals surface area contributed by atoms with E-state index in [1.807, 2.05) is 20.8 Å². The number of nitrogens with zero attached hydrogens (tertiary/aromatic N) is 1. The van der Waals surface area contributed by atoms with Gasteiger partial charge in [0.05, 0.1) is 5.54 Å². The van der Waals surface area contributed by atoms with Gasteiger partial charge in [-0.15, -0.1) is 0 Å². The standard InChI is InChI=1S/C15H31N3O/c1-5-17-15(3,4)14(19)16-10-8-12-18-11-7-6-9-13(18)2/h13,17H,5-12H2,1-4H3,(H,16,19). The molecule has 1 saturated heterocycles. The summed E-state index contributed by atoms with van der Waals surface area (Å²) in [7, 11) is 0. The minimum Gasteiger partial charge on any atom is -0.354 e. The second-order valence-electron chi connectivity index (χ2n) is 6.15. The van der Waals surface area contributed by atoms with Crippen LogP contribution in [-0.4, -0.2) is 48.6 Å². The third-order valence-corrected chi connectivity index (χ3v) is 4.03. The van der Waals surface area contributed by atoms with Crippen LogP contribution in [0.4, 0.5) is 0 Å². The molecular weight excluding hydrogens is 238 g/mol. The molecule has 1 rings (SSSR count). The second kappa shape index (κ2) is 7.85. The molecule has 0 spiro atoms. The number of hydrogen-bond acceptors (Lipinski definition) is 3. The van der Waals surface area contributed by atoms with Gasteiger partial charge in [0.1, 0.15) is 0 Å². The van der Waals surface area contributed by atoms with E-state index in [1.165, 1.54) is 25.8 Å². The fourth-order valence-electron chi connectivity index (χ4n) is 2.72. The van der Waals surface area contributed by atoms with Crippen LogP contribution in [0.3, 0.4) is 0 Å². The zero-order chi connectivity index (χ0) is 14.3. The molecule has 4 nitrogen and oxygen atoms in total. The predicted molar refractivity (Wildman–Crippen MR) is 80.3 cm³/mol. The Kier molecular flexibility index (Phi) is 6.80. The summed E-state index contributed by atoms with van der Waals surface area (Å²) in [4.78, 5) is 14.5. The van der Waals surface area contributed by atoms with Gasteiger partial charge in [0.15, 0.2) is 0 Å². The number of nitrogens with one attached hydrogen (secondary N) is 2. The average Bonchev–Trinajstić information content (AvgIpc) is 2.36. The van der Waals surface area contributed by atoms with Crippen LogP contribution >= 0.6 is 0 Å². The molecule has 1 aliphatic heterocycles. The van der Waals surface area contributed by atoms with E-state index in [9.17, 15) is 4.79 Å². The lowest BCUT2D eigenvalue weighted by Gasteiger charge is -2.33. The first-order valence-electron chi connectivity index (χ1n) is 7.74. The van der Waals surface area contributed by atoms with Crippen LogP contribution < -0.4 is 10.6 Å². The van der Waals surface area contributed by atoms with E-state index in [0.717, 1.165) is 26.1 Å². The summed E-state index contributed by atoms with van der Waals surface area (Å²) in [6.45, 7) is 12.1. The van der Waals surface area contributed by atoms with E-state index in [1.54, 1.807) is 0 Å². The molecule has 0 saturated carbocycles. The molecule has 0 aromatic carbocycles. The minimum atomic E-state index is -0.465. The molecule has 0 radical (unpaired) electrons. The number of carbonyl (C=O) groups excluding carboxylic acids is 1. The first-order valence-corrected chi connectivity index (χ1v) is 7.74. The second-order valence-corrected chi connectivity index (χ2v) is 6.15. The molecule has 1 atom stereocenters. The number of rotatable bonds is 7. The summed E-state index contributed by atoms with van der Waals surface area (Å²) in [5.74, 6) is 0.0982. The summed E-state index contributed by atoms with van der Waals surface area (Å²) in [5.41, 5.74) is -0.465. The molecular formula is C15H31N3O. The molecule has 1 amide bonds. The maximum absolute atomic E-state index is 12.0. The molecule has 112 valence electrons. The molecule has 19 heavy (non-hydrogen) atoms. The third kappa shape index (κ3) is 5.49. The Hall–Kier alpha value is -0.610. The van der Waals surface area contributed by atoms with E-state index in [2.05, 4.69) is 22.5 Å². The number of hydrogen-bond donors (Lipinski definition) is 2. The third-order valence-electron chi connectivity index (χ3n) is 4.03.